The molecule has 9 heteroatoms. The number of alkyl halides is 2. The van der Waals surface area contributed by atoms with E-state index in [-0.39, 0.29) is 30.6 Å². The first-order valence-electron chi connectivity index (χ1n) is 13.8. The van der Waals surface area contributed by atoms with Crippen molar-refractivity contribution in [3.63, 3.8) is 0 Å². The summed E-state index contributed by atoms with van der Waals surface area (Å²) < 4.78 is 45.3. The van der Waals surface area contributed by atoms with Gasteiger partial charge < -0.3 is 19.5 Å². The summed E-state index contributed by atoms with van der Waals surface area (Å²) >= 11 is 0. The summed E-state index contributed by atoms with van der Waals surface area (Å²) in [7, 11) is 3.50. The Hall–Kier alpha value is -2.10. The lowest BCUT2D eigenvalue weighted by Crippen LogP contribution is -2.45. The number of nitrogens with zero attached hydrogens (tertiary/aromatic N) is 2. The van der Waals surface area contributed by atoms with Crippen molar-refractivity contribution in [3.05, 3.63) is 36.3 Å². The van der Waals surface area contributed by atoms with Gasteiger partial charge in [-0.15, -0.1) is 0 Å². The van der Waals surface area contributed by atoms with Gasteiger partial charge in [0.15, 0.2) is 0 Å². The van der Waals surface area contributed by atoms with E-state index in [0.717, 1.165) is 19.6 Å². The number of rotatable bonds is 16. The van der Waals surface area contributed by atoms with Gasteiger partial charge in [0.1, 0.15) is 18.0 Å². The van der Waals surface area contributed by atoms with E-state index in [1.54, 1.807) is 19.4 Å². The number of likely N-dealkylation sites (N-methyl/N-ethyl adjacent to an activating group) is 2. The van der Waals surface area contributed by atoms with Crippen LogP contribution in [0.15, 0.2) is 41.3 Å². The molecular formula is C29H47F2N3O4. The van der Waals surface area contributed by atoms with E-state index in [2.05, 4.69) is 28.7 Å². The van der Waals surface area contributed by atoms with Crippen LogP contribution in [0.2, 0.25) is 0 Å². The average molecular weight is 540 g/mol. The zero-order valence-electron chi connectivity index (χ0n) is 23.6. The Morgan fingerprint density at radius 3 is 2.66 bits per heavy atom. The molecule has 2 fully saturated rings. The number of nitrogens with one attached hydrogen (secondary N) is 1. The zero-order chi connectivity index (χ0) is 28.0. The zero-order valence-corrected chi connectivity index (χ0v) is 23.6. The van der Waals surface area contributed by atoms with Gasteiger partial charge in [0, 0.05) is 45.5 Å². The number of halogens is 2. The molecular weight excluding hydrogens is 492 g/mol. The Labute approximate surface area is 227 Å². The van der Waals surface area contributed by atoms with Crippen LogP contribution in [0, 0.1) is 17.8 Å². The van der Waals surface area contributed by atoms with E-state index in [1.807, 2.05) is 26.1 Å². The van der Waals surface area contributed by atoms with E-state index < -0.39 is 11.5 Å². The molecule has 38 heavy (non-hydrogen) atoms. The topological polar surface area (TPSA) is 72.4 Å². The van der Waals surface area contributed by atoms with Gasteiger partial charge in [0.05, 0.1) is 18.5 Å². The highest BCUT2D eigenvalue weighted by atomic mass is 19.3. The molecule has 0 aromatic heterocycles. The third-order valence-electron chi connectivity index (χ3n) is 7.87. The van der Waals surface area contributed by atoms with Crippen LogP contribution in [-0.2, 0) is 19.0 Å². The highest BCUT2D eigenvalue weighted by molar-refractivity contribution is 5.76. The number of fused-ring (bicyclic) bond motifs is 1. The Kier molecular flexibility index (Phi) is 13.6. The largest absolute Gasteiger partial charge is 0.491 e. The van der Waals surface area contributed by atoms with E-state index in [4.69, 9.17) is 14.2 Å². The number of carbonyl (C=O) groups is 1. The molecule has 0 bridgehead atoms. The minimum Gasteiger partial charge on any atom is -0.491 e. The smallest absolute Gasteiger partial charge is 0.293 e. The van der Waals surface area contributed by atoms with Crippen molar-refractivity contribution in [1.29, 1.82) is 0 Å². The van der Waals surface area contributed by atoms with Gasteiger partial charge in [-0.2, -0.15) is 0 Å². The quantitative estimate of drug-likeness (QED) is 0.129. The van der Waals surface area contributed by atoms with Gasteiger partial charge in [-0.05, 0) is 70.2 Å². The molecule has 0 aromatic carbocycles. The molecule has 4 atom stereocenters. The van der Waals surface area contributed by atoms with E-state index in [9.17, 15) is 13.6 Å². The lowest BCUT2D eigenvalue weighted by Gasteiger charge is -2.34. The molecule has 2 aliphatic rings. The Morgan fingerprint density at radius 1 is 1.24 bits per heavy atom. The molecule has 2 saturated carbocycles. The minimum absolute atomic E-state index is 0.00319. The first kappa shape index (κ1) is 32.1. The fourth-order valence-electron chi connectivity index (χ4n) is 5.88. The lowest BCUT2D eigenvalue weighted by molar-refractivity contribution is -0.146. The number of hydrogen-bond donors (Lipinski definition) is 1. The summed E-state index contributed by atoms with van der Waals surface area (Å²) in [6.07, 6.45) is 9.26. The molecule has 2 rings (SSSR count). The maximum Gasteiger partial charge on any atom is 0.293 e. The summed E-state index contributed by atoms with van der Waals surface area (Å²) in [6.45, 7) is 12.7. The van der Waals surface area contributed by atoms with Gasteiger partial charge in [0.25, 0.3) is 6.47 Å². The number of carbonyl (C=O) groups excluding carboxylic acids is 1. The molecule has 0 radical (unpaired) electrons. The minimum atomic E-state index is -2.65. The highest BCUT2D eigenvalue weighted by Crippen LogP contribution is 2.53. The van der Waals surface area contributed by atoms with Crippen LogP contribution >= 0.6 is 0 Å². The second kappa shape index (κ2) is 16.1. The monoisotopic (exact) mass is 539 g/mol. The Balaban J connectivity index is 2.09. The molecule has 4 unspecified atom stereocenters. The summed E-state index contributed by atoms with van der Waals surface area (Å²) in [5.74, 6) is -2.00. The highest BCUT2D eigenvalue weighted by Gasteiger charge is 2.54. The third kappa shape index (κ3) is 9.58. The summed E-state index contributed by atoms with van der Waals surface area (Å²) in [6, 6.07) is 0. The fourth-order valence-corrected chi connectivity index (χ4v) is 5.88. The number of methoxy groups -OCH3 is 1. The van der Waals surface area contributed by atoms with Crippen LogP contribution in [0.4, 0.5) is 8.78 Å². The third-order valence-corrected chi connectivity index (χ3v) is 7.87. The molecule has 2 aliphatic carbocycles. The first-order chi connectivity index (χ1) is 18.2. The number of aliphatic imine (C=N–C) groups is 1. The van der Waals surface area contributed by atoms with Crippen LogP contribution in [-0.4, -0.2) is 82.7 Å². The van der Waals surface area contributed by atoms with Crippen LogP contribution in [0.1, 0.15) is 52.4 Å². The Bertz CT molecular complexity index is 833. The maximum atomic E-state index is 14.3. The molecule has 0 aromatic rings. The Morgan fingerprint density at radius 2 is 2.00 bits per heavy atom. The lowest BCUT2D eigenvalue weighted by atomic mass is 9.78. The van der Waals surface area contributed by atoms with Crippen LogP contribution in [0.3, 0.4) is 0 Å². The second-order valence-electron chi connectivity index (χ2n) is 10.3. The molecule has 7 nitrogen and oxygen atoms in total. The average Bonchev–Trinajstić information content (AvgIpc) is 3.16. The number of hydrogen-bond acceptors (Lipinski definition) is 7. The van der Waals surface area contributed by atoms with Crippen molar-refractivity contribution in [2.75, 3.05) is 53.6 Å². The SMILES string of the molecule is C=C(/C=C/C1C2CCC(F)(F)CCCC2CC1(CNC)OC=O)N=C/C(=C\C)OCCN(CC)CCOC. The standard InChI is InChI=1S/C29H47F2N3O4/c1-6-25(37-18-16-34(7-2)15-17-36-5)20-33-23(3)10-11-27-26-12-14-29(30,31)13-8-9-24(26)19-28(27,21-32-4)38-22-35/h6,10-11,20,22,24,26-27,32H,3,7-9,12-19,21H2,1-2,4-5H3/b11-10+,25-6+,33-20?. The van der Waals surface area contributed by atoms with Crippen molar-refractivity contribution in [2.45, 2.75) is 63.9 Å². The van der Waals surface area contributed by atoms with Gasteiger partial charge in [0.2, 0.25) is 5.92 Å². The van der Waals surface area contributed by atoms with Gasteiger partial charge >= 0.3 is 0 Å². The van der Waals surface area contributed by atoms with Gasteiger partial charge in [-0.1, -0.05) is 19.6 Å². The normalized spacial score (nSPS) is 27.9. The van der Waals surface area contributed by atoms with Crippen molar-refractivity contribution < 1.29 is 27.8 Å². The van der Waals surface area contributed by atoms with Gasteiger partial charge in [-0.3, -0.25) is 14.7 Å². The van der Waals surface area contributed by atoms with Crippen LogP contribution in [0.25, 0.3) is 0 Å². The predicted molar refractivity (Wildman–Crippen MR) is 147 cm³/mol. The predicted octanol–water partition coefficient (Wildman–Crippen LogP) is 5.00. The molecule has 0 spiro atoms. The number of ether oxygens (including phenoxy) is 3. The van der Waals surface area contributed by atoms with Crippen molar-refractivity contribution in [1.82, 2.24) is 10.2 Å². The van der Waals surface area contributed by atoms with Crippen LogP contribution < -0.4 is 5.32 Å². The molecule has 0 amide bonds. The molecule has 216 valence electrons. The van der Waals surface area contributed by atoms with E-state index in [0.29, 0.717) is 63.4 Å². The van der Waals surface area contributed by atoms with Crippen molar-refractivity contribution >= 4 is 12.7 Å². The van der Waals surface area contributed by atoms with Crippen molar-refractivity contribution in [2.24, 2.45) is 22.7 Å². The summed E-state index contributed by atoms with van der Waals surface area (Å²) in [5, 5.41) is 3.15. The fraction of sp³-hybridized carbons (Fsp3) is 0.724. The van der Waals surface area contributed by atoms with Crippen LogP contribution in [0.5, 0.6) is 0 Å². The number of allylic oxidation sites excluding steroid dienone is 3. The first-order valence-corrected chi connectivity index (χ1v) is 13.8. The molecule has 0 aliphatic heterocycles. The van der Waals surface area contributed by atoms with E-state index in [1.165, 1.54) is 0 Å². The summed E-state index contributed by atoms with van der Waals surface area (Å²) in [5.41, 5.74) is -0.273. The van der Waals surface area contributed by atoms with Crippen molar-refractivity contribution in [3.8, 4) is 0 Å². The maximum absolute atomic E-state index is 14.3. The molecule has 0 heterocycles. The van der Waals surface area contributed by atoms with E-state index >= 15 is 0 Å². The second-order valence-corrected chi connectivity index (χ2v) is 10.3. The molecule has 1 N–H and O–H groups in total. The summed E-state index contributed by atoms with van der Waals surface area (Å²) in [4.78, 5) is 18.2. The molecule has 0 saturated heterocycles. The van der Waals surface area contributed by atoms with Gasteiger partial charge in [-0.25, -0.2) is 8.78 Å².